The van der Waals surface area contributed by atoms with E-state index in [1.54, 1.807) is 6.07 Å². The third-order valence-electron chi connectivity index (χ3n) is 3.91. The van der Waals surface area contributed by atoms with Crippen molar-refractivity contribution < 1.29 is 18.1 Å². The smallest absolute Gasteiger partial charge is 0.291 e. The van der Waals surface area contributed by atoms with E-state index in [1.165, 1.54) is 26.3 Å². The number of ether oxygens (including phenoxy) is 1. The van der Waals surface area contributed by atoms with Crippen molar-refractivity contribution in [3.05, 3.63) is 43.8 Å². The Morgan fingerprint density at radius 1 is 1.38 bits per heavy atom. The van der Waals surface area contributed by atoms with Crippen LogP contribution in [0.4, 0.5) is 26.0 Å². The Morgan fingerprint density at radius 2 is 2.08 bits per heavy atom. The molecule has 1 aliphatic carbocycles. The zero-order valence-corrected chi connectivity index (χ0v) is 16.9. The molecule has 1 heterocycles. The van der Waals surface area contributed by atoms with Crippen LogP contribution in [-0.4, -0.2) is 21.5 Å². The lowest BCUT2D eigenvalue weighted by Gasteiger charge is -2.21. The van der Waals surface area contributed by atoms with Gasteiger partial charge in [-0.25, -0.2) is 9.11 Å². The average Bonchev–Trinajstić information content (AvgIpc) is 3.43. The van der Waals surface area contributed by atoms with Crippen LogP contribution < -0.4 is 20.3 Å². The molecule has 2 aromatic rings. The second-order valence-corrected chi connectivity index (χ2v) is 8.49. The molecule has 1 aliphatic rings. The molecule has 10 heteroatoms. The molecule has 1 fully saturated rings. The molecule has 6 nitrogen and oxygen atoms in total. The fourth-order valence-electron chi connectivity index (χ4n) is 2.35. The molecule has 0 saturated heterocycles. The Morgan fingerprint density at radius 3 is 2.65 bits per heavy atom. The van der Waals surface area contributed by atoms with Crippen molar-refractivity contribution in [1.29, 1.82) is 0 Å². The molecular weight excluding hydrogens is 479 g/mol. The first kappa shape index (κ1) is 19.2. The number of aromatic nitrogens is 1. The molecule has 140 valence electrons. The molecule has 0 spiro atoms. The fourth-order valence-corrected chi connectivity index (χ4v) is 3.92. The van der Waals surface area contributed by atoms with Crippen LogP contribution in [0.25, 0.3) is 0 Å². The first-order valence-corrected chi connectivity index (χ1v) is 9.98. The van der Waals surface area contributed by atoms with E-state index in [0.29, 0.717) is 3.57 Å². The molecule has 3 rings (SSSR count). The van der Waals surface area contributed by atoms with Crippen molar-refractivity contribution >= 4 is 51.1 Å². The molecule has 1 atom stereocenters. The minimum Gasteiger partial charge on any atom is -0.593 e. The zero-order valence-electron chi connectivity index (χ0n) is 13.9. The van der Waals surface area contributed by atoms with E-state index in [4.69, 9.17) is 4.74 Å². The number of rotatable bonds is 6. The van der Waals surface area contributed by atoms with Crippen LogP contribution in [0.3, 0.4) is 0 Å². The highest BCUT2D eigenvalue weighted by molar-refractivity contribution is 14.1. The van der Waals surface area contributed by atoms with E-state index in [-0.39, 0.29) is 28.2 Å². The van der Waals surface area contributed by atoms with Gasteiger partial charge < -0.3 is 14.6 Å². The fraction of sp³-hybridized carbons (Fsp3) is 0.312. The van der Waals surface area contributed by atoms with Crippen molar-refractivity contribution in [3.63, 3.8) is 0 Å². The van der Waals surface area contributed by atoms with Crippen LogP contribution in [0, 0.1) is 15.2 Å². The molecule has 1 aromatic heterocycles. The van der Waals surface area contributed by atoms with Gasteiger partial charge in [0.2, 0.25) is 5.82 Å². The summed E-state index contributed by atoms with van der Waals surface area (Å²) in [4.78, 5) is 12.2. The van der Waals surface area contributed by atoms with Crippen molar-refractivity contribution in [3.8, 4) is 5.75 Å². The highest BCUT2D eigenvalue weighted by Crippen LogP contribution is 2.38. The van der Waals surface area contributed by atoms with Gasteiger partial charge in [-0.05, 0) is 40.8 Å². The van der Waals surface area contributed by atoms with Gasteiger partial charge in [0.15, 0.2) is 11.4 Å². The van der Waals surface area contributed by atoms with Gasteiger partial charge in [0.05, 0.1) is 24.2 Å². The highest BCUT2D eigenvalue weighted by Gasteiger charge is 2.37. The van der Waals surface area contributed by atoms with Gasteiger partial charge in [-0.2, -0.15) is 4.39 Å². The second-order valence-electron chi connectivity index (χ2n) is 5.78. The summed E-state index contributed by atoms with van der Waals surface area (Å²) in [5.74, 6) is -1.96. The van der Waals surface area contributed by atoms with Gasteiger partial charge in [0.25, 0.3) is 5.56 Å². The molecule has 2 N–H and O–H groups in total. The van der Waals surface area contributed by atoms with Gasteiger partial charge in [-0.3, -0.25) is 9.36 Å². The van der Waals surface area contributed by atoms with Crippen molar-refractivity contribution in [1.82, 2.24) is 4.57 Å². The van der Waals surface area contributed by atoms with Crippen molar-refractivity contribution in [2.45, 2.75) is 18.1 Å². The average molecular weight is 495 g/mol. The normalized spacial score (nSPS) is 14.8. The second kappa shape index (κ2) is 7.61. The predicted molar refractivity (Wildman–Crippen MR) is 105 cm³/mol. The third-order valence-corrected chi connectivity index (χ3v) is 6.06. The molecule has 0 bridgehead atoms. The maximum Gasteiger partial charge on any atom is 0.291 e. The van der Waals surface area contributed by atoms with E-state index in [9.17, 15) is 18.1 Å². The number of halogens is 3. The van der Waals surface area contributed by atoms with E-state index in [1.807, 2.05) is 22.6 Å². The lowest BCUT2D eigenvalue weighted by atomic mass is 10.2. The topological polar surface area (TPSA) is 78.3 Å². The van der Waals surface area contributed by atoms with Crippen LogP contribution in [0.15, 0.2) is 23.0 Å². The number of pyridine rings is 1. The summed E-state index contributed by atoms with van der Waals surface area (Å²) in [6.45, 7) is 0. The molecule has 1 saturated carbocycles. The maximum atomic E-state index is 14.3. The molecular formula is C16H16F2IN3O3S. The number of benzene rings is 1. The van der Waals surface area contributed by atoms with Crippen LogP contribution >= 0.6 is 22.6 Å². The molecule has 1 aromatic carbocycles. The predicted octanol–water partition coefficient (Wildman–Crippen LogP) is 3.26. The standard InChI is InChI=1S/C16H16F2IN3O3S/c1-22-15(20-11-6-3-8(19)7-10(11)17)13(21-26(24)9-4-5-9)14(25-2)12(18)16(22)23/h3,6-7,9,20-21H,4-5H2,1-2H3. The van der Waals surface area contributed by atoms with Crippen LogP contribution in [0.5, 0.6) is 5.75 Å². The van der Waals surface area contributed by atoms with Crippen LogP contribution in [-0.2, 0) is 18.4 Å². The van der Waals surface area contributed by atoms with Gasteiger partial charge in [0.1, 0.15) is 16.9 Å². The summed E-state index contributed by atoms with van der Waals surface area (Å²) in [5, 5.41) is 2.75. The van der Waals surface area contributed by atoms with Gasteiger partial charge in [-0.1, -0.05) is 0 Å². The summed E-state index contributed by atoms with van der Waals surface area (Å²) in [6, 6.07) is 4.50. The first-order valence-electron chi connectivity index (χ1n) is 7.69. The van der Waals surface area contributed by atoms with Gasteiger partial charge >= 0.3 is 0 Å². The minimum atomic E-state index is -1.47. The Labute approximate surface area is 165 Å². The monoisotopic (exact) mass is 495 g/mol. The van der Waals surface area contributed by atoms with E-state index in [2.05, 4.69) is 10.0 Å². The molecule has 0 radical (unpaired) electrons. The van der Waals surface area contributed by atoms with Gasteiger partial charge in [0, 0.05) is 23.5 Å². The van der Waals surface area contributed by atoms with Crippen LogP contribution in [0.1, 0.15) is 12.8 Å². The summed E-state index contributed by atoms with van der Waals surface area (Å²) < 4.78 is 50.3. The maximum absolute atomic E-state index is 14.3. The molecule has 0 aliphatic heterocycles. The Balaban J connectivity index is 2.11. The number of hydrogen-bond acceptors (Lipinski definition) is 5. The molecule has 26 heavy (non-hydrogen) atoms. The van der Waals surface area contributed by atoms with E-state index < -0.39 is 28.6 Å². The third kappa shape index (κ3) is 3.76. The lowest BCUT2D eigenvalue weighted by Crippen LogP contribution is -2.27. The Hall–Kier alpha value is -1.53. The minimum absolute atomic E-state index is 0.00952. The summed E-state index contributed by atoms with van der Waals surface area (Å²) in [6.07, 6.45) is 1.59. The van der Waals surface area contributed by atoms with Crippen molar-refractivity contribution in [2.24, 2.45) is 7.05 Å². The van der Waals surface area contributed by atoms with E-state index in [0.717, 1.165) is 17.4 Å². The Kier molecular flexibility index (Phi) is 5.63. The zero-order chi connectivity index (χ0) is 19.0. The number of methoxy groups -OCH3 is 1. The highest BCUT2D eigenvalue weighted by atomic mass is 127. The number of nitrogens with one attached hydrogen (secondary N) is 2. The SMILES string of the molecule is COc1c(N[S+]([O-])C2CC2)c(Nc2ccc(I)cc2F)n(C)c(=O)c1F. The van der Waals surface area contributed by atoms with E-state index >= 15 is 0 Å². The first-order chi connectivity index (χ1) is 12.3. The number of hydrogen-bond donors (Lipinski definition) is 2. The van der Waals surface area contributed by atoms with Crippen molar-refractivity contribution in [2.75, 3.05) is 17.1 Å². The summed E-state index contributed by atoms with van der Waals surface area (Å²) >= 11 is 0.502. The quantitative estimate of drug-likeness (QED) is 0.476. The lowest BCUT2D eigenvalue weighted by molar-refractivity contribution is 0.383. The van der Waals surface area contributed by atoms with Crippen LogP contribution in [0.2, 0.25) is 0 Å². The largest absolute Gasteiger partial charge is 0.593 e. The number of nitrogens with zero attached hydrogens (tertiary/aromatic N) is 1. The molecule has 0 amide bonds. The Bertz CT molecular complexity index is 905. The summed E-state index contributed by atoms with van der Waals surface area (Å²) in [7, 11) is 2.54. The molecule has 1 unspecified atom stereocenters. The number of anilines is 3. The summed E-state index contributed by atoms with van der Waals surface area (Å²) in [5.41, 5.74) is -0.845. The van der Waals surface area contributed by atoms with Gasteiger partial charge in [-0.15, -0.1) is 0 Å².